The largest absolute Gasteiger partial charge is 0.469 e. The maximum atomic E-state index is 12.2. The van der Waals surface area contributed by atoms with E-state index in [0.29, 0.717) is 12.5 Å². The smallest absolute Gasteiger partial charge is 0.310 e. The summed E-state index contributed by atoms with van der Waals surface area (Å²) in [6.45, 7) is 5.30. The standard InChI is InChI=1S/C16H28N4O3/c1-12-10-20(11-13(12)15(22)23-3)16(17-2)18-9-14(21)19-7-5-4-6-8-19/h12-13H,4-11H2,1-3H3,(H,17,18). The van der Waals surface area contributed by atoms with Crippen molar-refractivity contribution < 1.29 is 14.3 Å². The number of ether oxygens (including phenoxy) is 1. The minimum absolute atomic E-state index is 0.114. The Kier molecular flexibility index (Phi) is 6.24. The monoisotopic (exact) mass is 324 g/mol. The van der Waals surface area contributed by atoms with E-state index in [1.54, 1.807) is 7.05 Å². The molecule has 23 heavy (non-hydrogen) atoms. The summed E-state index contributed by atoms with van der Waals surface area (Å²) in [6.07, 6.45) is 3.38. The summed E-state index contributed by atoms with van der Waals surface area (Å²) < 4.78 is 4.86. The number of hydrogen-bond acceptors (Lipinski definition) is 4. The number of rotatable bonds is 3. The van der Waals surface area contributed by atoms with Gasteiger partial charge in [0.2, 0.25) is 5.91 Å². The Labute approximate surface area is 138 Å². The van der Waals surface area contributed by atoms with Crippen molar-refractivity contribution in [3.8, 4) is 0 Å². The lowest BCUT2D eigenvalue weighted by molar-refractivity contribution is -0.146. The molecule has 2 heterocycles. The second kappa shape index (κ2) is 8.17. The molecule has 1 N–H and O–H groups in total. The number of methoxy groups -OCH3 is 1. The SMILES string of the molecule is CN=C(NCC(=O)N1CCCCC1)N1CC(C)C(C(=O)OC)C1. The Morgan fingerprint density at radius 3 is 2.48 bits per heavy atom. The third-order valence-electron chi connectivity index (χ3n) is 4.73. The molecule has 0 radical (unpaired) electrons. The summed E-state index contributed by atoms with van der Waals surface area (Å²) >= 11 is 0. The van der Waals surface area contributed by atoms with Gasteiger partial charge in [-0.3, -0.25) is 14.6 Å². The van der Waals surface area contributed by atoms with Crippen molar-refractivity contribution in [1.29, 1.82) is 0 Å². The van der Waals surface area contributed by atoms with Gasteiger partial charge in [-0.25, -0.2) is 0 Å². The zero-order valence-corrected chi connectivity index (χ0v) is 14.4. The van der Waals surface area contributed by atoms with Crippen LogP contribution in [0.25, 0.3) is 0 Å². The van der Waals surface area contributed by atoms with Crippen LogP contribution >= 0.6 is 0 Å². The highest BCUT2D eigenvalue weighted by Gasteiger charge is 2.37. The zero-order chi connectivity index (χ0) is 16.8. The van der Waals surface area contributed by atoms with Gasteiger partial charge in [0.15, 0.2) is 5.96 Å². The highest BCUT2D eigenvalue weighted by Crippen LogP contribution is 2.24. The van der Waals surface area contributed by atoms with E-state index < -0.39 is 0 Å². The van der Waals surface area contributed by atoms with Crippen LogP contribution in [-0.2, 0) is 14.3 Å². The first kappa shape index (κ1) is 17.6. The topological polar surface area (TPSA) is 74.2 Å². The Morgan fingerprint density at radius 2 is 1.87 bits per heavy atom. The van der Waals surface area contributed by atoms with Crippen molar-refractivity contribution in [1.82, 2.24) is 15.1 Å². The molecule has 2 saturated heterocycles. The molecule has 2 rings (SSSR count). The van der Waals surface area contributed by atoms with Gasteiger partial charge in [-0.1, -0.05) is 6.92 Å². The number of carbonyl (C=O) groups excluding carboxylic acids is 2. The number of guanidine groups is 1. The molecule has 2 atom stereocenters. The Balaban J connectivity index is 1.86. The third kappa shape index (κ3) is 4.36. The number of amides is 1. The number of carbonyl (C=O) groups is 2. The maximum absolute atomic E-state index is 12.2. The Bertz CT molecular complexity index is 460. The molecule has 0 aromatic rings. The molecule has 0 aromatic carbocycles. The van der Waals surface area contributed by atoms with Gasteiger partial charge in [-0.15, -0.1) is 0 Å². The van der Waals surface area contributed by atoms with E-state index in [0.717, 1.165) is 32.5 Å². The molecule has 0 saturated carbocycles. The van der Waals surface area contributed by atoms with E-state index in [4.69, 9.17) is 4.74 Å². The molecule has 2 aliphatic rings. The van der Waals surface area contributed by atoms with Crippen LogP contribution in [0.1, 0.15) is 26.2 Å². The van der Waals surface area contributed by atoms with Crippen LogP contribution < -0.4 is 5.32 Å². The van der Waals surface area contributed by atoms with Gasteiger partial charge < -0.3 is 19.9 Å². The zero-order valence-electron chi connectivity index (χ0n) is 14.4. The molecule has 2 fully saturated rings. The first-order valence-corrected chi connectivity index (χ1v) is 8.38. The molecule has 7 heteroatoms. The number of hydrogen-bond donors (Lipinski definition) is 1. The number of esters is 1. The van der Waals surface area contributed by atoms with Crippen molar-refractivity contribution >= 4 is 17.8 Å². The minimum Gasteiger partial charge on any atom is -0.469 e. The fraction of sp³-hybridized carbons (Fsp3) is 0.812. The molecule has 2 unspecified atom stereocenters. The Morgan fingerprint density at radius 1 is 1.17 bits per heavy atom. The van der Waals surface area contributed by atoms with Crippen LogP contribution in [0.3, 0.4) is 0 Å². The first-order chi connectivity index (χ1) is 11.1. The van der Waals surface area contributed by atoms with Gasteiger partial charge in [0.1, 0.15) is 0 Å². The van der Waals surface area contributed by atoms with E-state index in [-0.39, 0.29) is 30.3 Å². The average molecular weight is 324 g/mol. The summed E-state index contributed by atoms with van der Waals surface area (Å²) in [7, 11) is 3.12. The van der Waals surface area contributed by atoms with Crippen LogP contribution in [0.15, 0.2) is 4.99 Å². The molecule has 7 nitrogen and oxygen atoms in total. The number of nitrogens with one attached hydrogen (secondary N) is 1. The third-order valence-corrected chi connectivity index (χ3v) is 4.73. The number of piperidine rings is 1. The predicted molar refractivity (Wildman–Crippen MR) is 88.0 cm³/mol. The van der Waals surface area contributed by atoms with Gasteiger partial charge >= 0.3 is 5.97 Å². The molecular weight excluding hydrogens is 296 g/mol. The second-order valence-corrected chi connectivity index (χ2v) is 6.35. The number of likely N-dealkylation sites (tertiary alicyclic amines) is 2. The predicted octanol–water partition coefficient (Wildman–Crippen LogP) is 0.315. The van der Waals surface area contributed by atoms with E-state index >= 15 is 0 Å². The van der Waals surface area contributed by atoms with Crippen LogP contribution in [0, 0.1) is 11.8 Å². The summed E-state index contributed by atoms with van der Waals surface area (Å²) in [5.74, 6) is 0.672. The fourth-order valence-corrected chi connectivity index (χ4v) is 3.34. The van der Waals surface area contributed by atoms with E-state index in [1.807, 2.05) is 16.7 Å². The normalized spacial score (nSPS) is 25.4. The van der Waals surface area contributed by atoms with Crippen molar-refractivity contribution in [2.24, 2.45) is 16.8 Å². The summed E-state index contributed by atoms with van der Waals surface area (Å²) in [5, 5.41) is 3.14. The maximum Gasteiger partial charge on any atom is 0.310 e. The molecule has 0 aromatic heterocycles. The molecule has 0 spiro atoms. The van der Waals surface area contributed by atoms with Crippen molar-refractivity contribution in [3.63, 3.8) is 0 Å². The van der Waals surface area contributed by atoms with Gasteiger partial charge in [0, 0.05) is 33.2 Å². The van der Waals surface area contributed by atoms with Gasteiger partial charge in [-0.05, 0) is 25.2 Å². The molecule has 2 aliphatic heterocycles. The number of aliphatic imine (C=N–C) groups is 1. The van der Waals surface area contributed by atoms with Crippen LogP contribution in [-0.4, -0.2) is 74.5 Å². The van der Waals surface area contributed by atoms with Gasteiger partial charge in [0.25, 0.3) is 0 Å². The van der Waals surface area contributed by atoms with E-state index in [2.05, 4.69) is 10.3 Å². The van der Waals surface area contributed by atoms with Gasteiger partial charge in [0.05, 0.1) is 19.6 Å². The molecule has 130 valence electrons. The molecule has 0 bridgehead atoms. The minimum atomic E-state index is -0.181. The number of nitrogens with zero attached hydrogens (tertiary/aromatic N) is 3. The quantitative estimate of drug-likeness (QED) is 0.460. The lowest BCUT2D eigenvalue weighted by atomic mass is 9.99. The van der Waals surface area contributed by atoms with Crippen LogP contribution in [0.2, 0.25) is 0 Å². The van der Waals surface area contributed by atoms with E-state index in [9.17, 15) is 9.59 Å². The van der Waals surface area contributed by atoms with Gasteiger partial charge in [-0.2, -0.15) is 0 Å². The van der Waals surface area contributed by atoms with Crippen LogP contribution in [0.4, 0.5) is 0 Å². The van der Waals surface area contributed by atoms with Crippen molar-refractivity contribution in [3.05, 3.63) is 0 Å². The summed E-state index contributed by atoms with van der Waals surface area (Å²) in [6, 6.07) is 0. The second-order valence-electron chi connectivity index (χ2n) is 6.35. The fourth-order valence-electron chi connectivity index (χ4n) is 3.34. The van der Waals surface area contributed by atoms with Crippen molar-refractivity contribution in [2.75, 3.05) is 46.9 Å². The molecule has 1 amide bonds. The van der Waals surface area contributed by atoms with Crippen LogP contribution in [0.5, 0.6) is 0 Å². The lowest BCUT2D eigenvalue weighted by Gasteiger charge is -2.28. The van der Waals surface area contributed by atoms with Crippen molar-refractivity contribution in [2.45, 2.75) is 26.2 Å². The summed E-state index contributed by atoms with van der Waals surface area (Å²) in [5.41, 5.74) is 0. The highest BCUT2D eigenvalue weighted by atomic mass is 16.5. The molecule has 0 aliphatic carbocycles. The average Bonchev–Trinajstić information content (AvgIpc) is 2.97. The first-order valence-electron chi connectivity index (χ1n) is 8.38. The Hall–Kier alpha value is -1.79. The van der Waals surface area contributed by atoms with E-state index in [1.165, 1.54) is 13.5 Å². The highest BCUT2D eigenvalue weighted by molar-refractivity contribution is 5.87. The molecular formula is C16H28N4O3. The summed E-state index contributed by atoms with van der Waals surface area (Å²) in [4.78, 5) is 32.2. The lowest BCUT2D eigenvalue weighted by Crippen LogP contribution is -2.47.